The summed E-state index contributed by atoms with van der Waals surface area (Å²) in [6.07, 6.45) is 66.1. The number of quaternary nitrogens is 1. The zero-order chi connectivity index (χ0) is 49.2. The summed E-state index contributed by atoms with van der Waals surface area (Å²) in [5.74, 6) is -1.54. The average molecular weight is 935 g/mol. The minimum atomic E-state index is -0.885. The van der Waals surface area contributed by atoms with Crippen LogP contribution in [-0.2, 0) is 28.6 Å². The number of carboxylic acid groups (broad SMARTS) is 1. The van der Waals surface area contributed by atoms with E-state index in [0.717, 1.165) is 83.5 Å². The summed E-state index contributed by atoms with van der Waals surface area (Å²) in [7, 11) is 5.51. The number of unbranched alkanes of at least 4 members (excludes halogenated alkanes) is 17. The summed E-state index contributed by atoms with van der Waals surface area (Å²) in [4.78, 5) is 37.2. The standard InChI is InChI=1S/C59H99NO7/c1-6-8-10-12-14-16-18-20-22-24-26-28-30-32-34-36-38-40-42-44-46-48-50-58(62)67-55(53-65-52-51-56(59(63)64)60(3,4)5)54-66-57(61)49-47-45-43-41-39-37-35-33-31-29-27-25-23-21-19-17-15-13-11-9-7-2/h9,11,15,17,21,23-24,26-27,29-30,32-33,35,39,41,55-56H,6-8,10,12-14,16,18-20,22,25,28,31,34,36-38,40,42-54H2,1-5H3/p+1/b11-9+,17-15+,23-21+,26-24+,29-27+,32-30+,35-33+,41-39+. The number of carbonyl (C=O) groups is 3. The van der Waals surface area contributed by atoms with E-state index in [9.17, 15) is 19.5 Å². The van der Waals surface area contributed by atoms with Gasteiger partial charge in [0, 0.05) is 19.3 Å². The summed E-state index contributed by atoms with van der Waals surface area (Å²) in [5.41, 5.74) is 0. The van der Waals surface area contributed by atoms with Gasteiger partial charge >= 0.3 is 17.9 Å². The number of ether oxygens (including phenoxy) is 3. The molecule has 1 N–H and O–H groups in total. The molecule has 0 aromatic rings. The van der Waals surface area contributed by atoms with E-state index in [2.05, 4.69) is 111 Å². The summed E-state index contributed by atoms with van der Waals surface area (Å²) in [5, 5.41) is 9.66. The molecule has 0 fully saturated rings. The molecule has 0 aromatic carbocycles. The summed E-state index contributed by atoms with van der Waals surface area (Å²) < 4.78 is 17.3. The Hall–Kier alpha value is -3.75. The van der Waals surface area contributed by atoms with Crippen LogP contribution in [-0.4, -0.2) is 80.6 Å². The molecule has 2 atom stereocenters. The maximum Gasteiger partial charge on any atom is 0.362 e. The van der Waals surface area contributed by atoms with Gasteiger partial charge in [-0.15, -0.1) is 0 Å². The molecule has 8 heteroatoms. The van der Waals surface area contributed by atoms with Gasteiger partial charge in [0.15, 0.2) is 12.1 Å². The number of hydrogen-bond acceptors (Lipinski definition) is 6. The monoisotopic (exact) mass is 935 g/mol. The molecule has 0 heterocycles. The molecule has 67 heavy (non-hydrogen) atoms. The first-order valence-electron chi connectivity index (χ1n) is 26.8. The number of carboxylic acids is 1. The quantitative estimate of drug-likeness (QED) is 0.0281. The highest BCUT2D eigenvalue weighted by Gasteiger charge is 2.31. The zero-order valence-electron chi connectivity index (χ0n) is 43.6. The second-order valence-corrected chi connectivity index (χ2v) is 18.7. The maximum absolute atomic E-state index is 12.8. The summed E-state index contributed by atoms with van der Waals surface area (Å²) in [6, 6.07) is -0.629. The van der Waals surface area contributed by atoms with Crippen molar-refractivity contribution in [2.75, 3.05) is 41.0 Å². The van der Waals surface area contributed by atoms with Gasteiger partial charge in [-0.2, -0.15) is 0 Å². The first-order valence-corrected chi connectivity index (χ1v) is 26.8. The van der Waals surface area contributed by atoms with Gasteiger partial charge in [-0.05, 0) is 96.3 Å². The first-order chi connectivity index (χ1) is 32.6. The molecular formula is C59H100NO7+. The molecule has 8 nitrogen and oxygen atoms in total. The van der Waals surface area contributed by atoms with Gasteiger partial charge in [0.1, 0.15) is 6.61 Å². The van der Waals surface area contributed by atoms with E-state index >= 15 is 0 Å². The molecule has 0 aromatic heterocycles. The number of likely N-dealkylation sites (N-methyl/N-ethyl adjacent to an activating group) is 1. The molecule has 0 spiro atoms. The molecule has 2 unspecified atom stereocenters. The Balaban J connectivity index is 4.34. The number of rotatable bonds is 47. The Morgan fingerprint density at radius 2 is 0.836 bits per heavy atom. The van der Waals surface area contributed by atoms with Crippen LogP contribution < -0.4 is 0 Å². The van der Waals surface area contributed by atoms with Crippen LogP contribution in [0.25, 0.3) is 0 Å². The van der Waals surface area contributed by atoms with Crippen molar-refractivity contribution in [1.82, 2.24) is 0 Å². The fourth-order valence-electron chi connectivity index (χ4n) is 7.36. The van der Waals surface area contributed by atoms with E-state index in [1.54, 1.807) is 0 Å². The molecule has 0 saturated carbocycles. The van der Waals surface area contributed by atoms with Crippen molar-refractivity contribution < 1.29 is 38.2 Å². The van der Waals surface area contributed by atoms with Crippen molar-refractivity contribution in [3.8, 4) is 0 Å². The van der Waals surface area contributed by atoms with E-state index in [1.807, 2.05) is 21.1 Å². The lowest BCUT2D eigenvalue weighted by Gasteiger charge is -2.31. The van der Waals surface area contributed by atoms with Crippen LogP contribution >= 0.6 is 0 Å². The number of nitrogens with zero attached hydrogens (tertiary/aromatic N) is 1. The van der Waals surface area contributed by atoms with Gasteiger partial charge in [-0.1, -0.05) is 188 Å². The maximum atomic E-state index is 12.8. The van der Waals surface area contributed by atoms with Gasteiger partial charge in [-0.25, -0.2) is 4.79 Å². The number of hydrogen-bond donors (Lipinski definition) is 1. The lowest BCUT2D eigenvalue weighted by Crippen LogP contribution is -2.50. The van der Waals surface area contributed by atoms with E-state index in [0.29, 0.717) is 25.7 Å². The number of carbonyl (C=O) groups excluding carboxylic acids is 2. The molecule has 0 aliphatic rings. The fourth-order valence-corrected chi connectivity index (χ4v) is 7.36. The first kappa shape index (κ1) is 63.2. The fraction of sp³-hybridized carbons (Fsp3) is 0.678. The average Bonchev–Trinajstić information content (AvgIpc) is 3.29. The summed E-state index contributed by atoms with van der Waals surface area (Å²) >= 11 is 0. The highest BCUT2D eigenvalue weighted by atomic mass is 16.6. The lowest BCUT2D eigenvalue weighted by molar-refractivity contribution is -0.887. The molecule has 0 aliphatic heterocycles. The molecule has 0 bridgehead atoms. The van der Waals surface area contributed by atoms with Gasteiger partial charge in [0.05, 0.1) is 34.4 Å². The SMILES string of the molecule is CC/C=C/C/C=C/C/C=C/C/C=C/C/C=C/C/C=C/CCCCC(=O)OCC(COCCC(C(=O)O)[N+](C)(C)C)OC(=O)CCCCCCCCC/C=C/C/C=C/CCCCCCCCCC. The summed E-state index contributed by atoms with van der Waals surface area (Å²) in [6.45, 7) is 4.57. The normalized spacial score (nSPS) is 13.6. The number of allylic oxidation sites excluding steroid dienone is 16. The van der Waals surface area contributed by atoms with Gasteiger partial charge < -0.3 is 23.8 Å². The molecule has 0 amide bonds. The van der Waals surface area contributed by atoms with Crippen LogP contribution in [0.1, 0.15) is 206 Å². The van der Waals surface area contributed by atoms with E-state index in [4.69, 9.17) is 14.2 Å². The van der Waals surface area contributed by atoms with Crippen molar-refractivity contribution in [3.63, 3.8) is 0 Å². The molecule has 0 radical (unpaired) electrons. The largest absolute Gasteiger partial charge is 0.477 e. The minimum absolute atomic E-state index is 0.0381. The molecular weight excluding hydrogens is 835 g/mol. The van der Waals surface area contributed by atoms with Crippen LogP contribution in [0.15, 0.2) is 97.2 Å². The van der Waals surface area contributed by atoms with Crippen LogP contribution in [0.3, 0.4) is 0 Å². The predicted octanol–water partition coefficient (Wildman–Crippen LogP) is 15.8. The molecule has 0 saturated heterocycles. The highest BCUT2D eigenvalue weighted by Crippen LogP contribution is 2.14. The Morgan fingerprint density at radius 3 is 1.27 bits per heavy atom. The topological polar surface area (TPSA) is 99.1 Å². The third-order valence-corrected chi connectivity index (χ3v) is 11.5. The lowest BCUT2D eigenvalue weighted by atomic mass is 10.1. The van der Waals surface area contributed by atoms with Gasteiger partial charge in [0.2, 0.25) is 0 Å². The van der Waals surface area contributed by atoms with Crippen LogP contribution in [0.2, 0.25) is 0 Å². The van der Waals surface area contributed by atoms with E-state index < -0.39 is 18.1 Å². The Labute approximate surface area is 411 Å². The minimum Gasteiger partial charge on any atom is -0.477 e. The predicted molar refractivity (Wildman–Crippen MR) is 284 cm³/mol. The number of aliphatic carboxylic acids is 1. The van der Waals surface area contributed by atoms with E-state index in [-0.39, 0.29) is 36.2 Å². The molecule has 382 valence electrons. The van der Waals surface area contributed by atoms with Crippen molar-refractivity contribution in [1.29, 1.82) is 0 Å². The Kier molecular flexibility index (Phi) is 46.0. The smallest absolute Gasteiger partial charge is 0.362 e. The van der Waals surface area contributed by atoms with Crippen LogP contribution in [0.5, 0.6) is 0 Å². The Bertz CT molecular complexity index is 1410. The second-order valence-electron chi connectivity index (χ2n) is 18.7. The molecule has 0 rings (SSSR count). The Morgan fingerprint density at radius 1 is 0.463 bits per heavy atom. The zero-order valence-corrected chi connectivity index (χ0v) is 43.6. The number of esters is 2. The van der Waals surface area contributed by atoms with Gasteiger partial charge in [0.25, 0.3) is 0 Å². The third-order valence-electron chi connectivity index (χ3n) is 11.5. The second kappa shape index (κ2) is 48.7. The highest BCUT2D eigenvalue weighted by molar-refractivity contribution is 5.72. The van der Waals surface area contributed by atoms with Crippen molar-refractivity contribution >= 4 is 17.9 Å². The van der Waals surface area contributed by atoms with Gasteiger partial charge in [-0.3, -0.25) is 9.59 Å². The van der Waals surface area contributed by atoms with Crippen molar-refractivity contribution in [2.24, 2.45) is 0 Å². The van der Waals surface area contributed by atoms with Crippen molar-refractivity contribution in [2.45, 2.75) is 219 Å². The van der Waals surface area contributed by atoms with Crippen LogP contribution in [0, 0.1) is 0 Å². The molecule has 0 aliphatic carbocycles. The van der Waals surface area contributed by atoms with Crippen molar-refractivity contribution in [3.05, 3.63) is 97.2 Å². The van der Waals surface area contributed by atoms with Crippen LogP contribution in [0.4, 0.5) is 0 Å². The van der Waals surface area contributed by atoms with E-state index in [1.165, 1.54) is 83.5 Å². The third kappa shape index (κ3) is 47.1.